The van der Waals surface area contributed by atoms with Crippen molar-refractivity contribution in [2.24, 2.45) is 0 Å². The largest absolute Gasteiger partial charge is 0.355 e. The highest BCUT2D eigenvalue weighted by Gasteiger charge is 2.06. The van der Waals surface area contributed by atoms with Gasteiger partial charge in [0, 0.05) is 17.0 Å². The highest BCUT2D eigenvalue weighted by Crippen LogP contribution is 2.21. The standard InChI is InChI=1S/C12H15N/c1-5-8-10-9(4)11(6-2)13-12(10)7-3/h5-8,13H,2-3H2,1,4H3/b8-5-. The van der Waals surface area contributed by atoms with Gasteiger partial charge in [-0.2, -0.15) is 0 Å². The van der Waals surface area contributed by atoms with Crippen molar-refractivity contribution in [3.8, 4) is 0 Å². The van der Waals surface area contributed by atoms with Crippen molar-refractivity contribution in [3.05, 3.63) is 41.7 Å². The lowest BCUT2D eigenvalue weighted by Gasteiger charge is -1.92. The molecule has 0 spiro atoms. The van der Waals surface area contributed by atoms with Crippen LogP contribution in [0.5, 0.6) is 0 Å². The predicted molar refractivity (Wildman–Crippen MR) is 60.4 cm³/mol. The molecule has 0 aromatic carbocycles. The van der Waals surface area contributed by atoms with E-state index in [9.17, 15) is 0 Å². The lowest BCUT2D eigenvalue weighted by atomic mass is 10.1. The highest BCUT2D eigenvalue weighted by molar-refractivity contribution is 5.70. The molecule has 68 valence electrons. The Morgan fingerprint density at radius 2 is 1.77 bits per heavy atom. The Morgan fingerprint density at radius 3 is 2.23 bits per heavy atom. The molecule has 1 aromatic rings. The van der Waals surface area contributed by atoms with E-state index in [-0.39, 0.29) is 0 Å². The third-order valence-corrected chi connectivity index (χ3v) is 2.11. The minimum atomic E-state index is 1.06. The molecule has 0 saturated carbocycles. The Kier molecular flexibility index (Phi) is 2.91. The van der Waals surface area contributed by atoms with Crippen LogP contribution in [0.4, 0.5) is 0 Å². The Labute approximate surface area is 79.5 Å². The van der Waals surface area contributed by atoms with Crippen molar-refractivity contribution in [2.45, 2.75) is 13.8 Å². The summed E-state index contributed by atoms with van der Waals surface area (Å²) in [5, 5.41) is 0. The Bertz CT molecular complexity index is 353. The SMILES string of the molecule is C=Cc1[nH]c(C=C)c(/C=C\C)c1C. The van der Waals surface area contributed by atoms with Gasteiger partial charge in [0.25, 0.3) is 0 Å². The third-order valence-electron chi connectivity index (χ3n) is 2.11. The number of hydrogen-bond donors (Lipinski definition) is 1. The summed E-state index contributed by atoms with van der Waals surface area (Å²) in [6.07, 6.45) is 7.76. The summed E-state index contributed by atoms with van der Waals surface area (Å²) in [7, 11) is 0. The van der Waals surface area contributed by atoms with Gasteiger partial charge in [-0.25, -0.2) is 0 Å². The van der Waals surface area contributed by atoms with Crippen molar-refractivity contribution >= 4 is 18.2 Å². The summed E-state index contributed by atoms with van der Waals surface area (Å²) in [6, 6.07) is 0. The molecule has 0 bridgehead atoms. The summed E-state index contributed by atoms with van der Waals surface area (Å²) in [6.45, 7) is 11.6. The first-order valence-corrected chi connectivity index (χ1v) is 4.34. The van der Waals surface area contributed by atoms with Gasteiger partial charge >= 0.3 is 0 Å². The smallest absolute Gasteiger partial charge is 0.0455 e. The van der Waals surface area contributed by atoms with Crippen LogP contribution in [-0.4, -0.2) is 4.98 Å². The van der Waals surface area contributed by atoms with E-state index in [0.717, 1.165) is 11.4 Å². The van der Waals surface area contributed by atoms with Gasteiger partial charge in [0.05, 0.1) is 0 Å². The summed E-state index contributed by atoms with van der Waals surface area (Å²) >= 11 is 0. The van der Waals surface area contributed by atoms with Crippen LogP contribution < -0.4 is 0 Å². The molecule has 13 heavy (non-hydrogen) atoms. The highest BCUT2D eigenvalue weighted by atomic mass is 14.7. The fourth-order valence-electron chi connectivity index (χ4n) is 1.40. The van der Waals surface area contributed by atoms with Crippen molar-refractivity contribution in [1.29, 1.82) is 0 Å². The molecular weight excluding hydrogens is 158 g/mol. The first-order valence-electron chi connectivity index (χ1n) is 4.34. The molecular formula is C12H15N. The Balaban J connectivity index is 3.36. The van der Waals surface area contributed by atoms with Gasteiger partial charge in [0.1, 0.15) is 0 Å². The third kappa shape index (κ3) is 1.64. The minimum absolute atomic E-state index is 1.06. The molecule has 0 aliphatic carbocycles. The molecule has 1 nitrogen and oxygen atoms in total. The number of rotatable bonds is 3. The summed E-state index contributed by atoms with van der Waals surface area (Å²) in [5.74, 6) is 0. The summed E-state index contributed by atoms with van der Waals surface area (Å²) in [4.78, 5) is 3.25. The average Bonchev–Trinajstić information content (AvgIpc) is 2.45. The monoisotopic (exact) mass is 173 g/mol. The molecule has 0 unspecified atom stereocenters. The molecule has 0 aliphatic heterocycles. The van der Waals surface area contributed by atoms with E-state index in [1.165, 1.54) is 11.1 Å². The van der Waals surface area contributed by atoms with Crippen molar-refractivity contribution in [1.82, 2.24) is 4.98 Å². The second-order valence-electron chi connectivity index (χ2n) is 2.90. The van der Waals surface area contributed by atoms with Crippen LogP contribution >= 0.6 is 0 Å². The molecule has 1 N–H and O–H groups in total. The van der Waals surface area contributed by atoms with E-state index in [1.54, 1.807) is 0 Å². The van der Waals surface area contributed by atoms with Crippen LogP contribution in [0.3, 0.4) is 0 Å². The van der Waals surface area contributed by atoms with Crippen LogP contribution in [0.15, 0.2) is 19.2 Å². The van der Waals surface area contributed by atoms with E-state index < -0.39 is 0 Å². The van der Waals surface area contributed by atoms with Gasteiger partial charge in [-0.15, -0.1) is 0 Å². The lowest BCUT2D eigenvalue weighted by molar-refractivity contribution is 1.33. The topological polar surface area (TPSA) is 15.8 Å². The second-order valence-corrected chi connectivity index (χ2v) is 2.90. The van der Waals surface area contributed by atoms with Gasteiger partial charge in [-0.1, -0.05) is 25.3 Å². The van der Waals surface area contributed by atoms with Gasteiger partial charge in [0.15, 0.2) is 0 Å². The predicted octanol–water partition coefficient (Wildman–Crippen LogP) is 3.64. The van der Waals surface area contributed by atoms with Crippen LogP contribution in [0, 0.1) is 6.92 Å². The molecule has 0 saturated heterocycles. The maximum Gasteiger partial charge on any atom is 0.0455 e. The zero-order valence-electron chi connectivity index (χ0n) is 8.22. The minimum Gasteiger partial charge on any atom is -0.355 e. The molecule has 0 aliphatic rings. The fourth-order valence-corrected chi connectivity index (χ4v) is 1.40. The quantitative estimate of drug-likeness (QED) is 0.718. The number of nitrogens with one attached hydrogen (secondary N) is 1. The normalized spacial score (nSPS) is 10.6. The van der Waals surface area contributed by atoms with Gasteiger partial charge < -0.3 is 4.98 Å². The van der Waals surface area contributed by atoms with E-state index in [2.05, 4.69) is 31.1 Å². The first-order chi connectivity index (χ1) is 6.24. The second kappa shape index (κ2) is 3.94. The number of H-pyrrole nitrogens is 1. The zero-order valence-corrected chi connectivity index (χ0v) is 8.22. The van der Waals surface area contributed by atoms with E-state index >= 15 is 0 Å². The molecule has 1 heteroatoms. The summed E-state index contributed by atoms with van der Waals surface area (Å²) < 4.78 is 0. The van der Waals surface area contributed by atoms with E-state index in [0.29, 0.717) is 0 Å². The van der Waals surface area contributed by atoms with Gasteiger partial charge in [-0.3, -0.25) is 0 Å². The lowest BCUT2D eigenvalue weighted by Crippen LogP contribution is -1.76. The van der Waals surface area contributed by atoms with Crippen LogP contribution in [-0.2, 0) is 0 Å². The zero-order chi connectivity index (χ0) is 9.84. The number of hydrogen-bond acceptors (Lipinski definition) is 0. The van der Waals surface area contributed by atoms with Crippen molar-refractivity contribution in [3.63, 3.8) is 0 Å². The van der Waals surface area contributed by atoms with Crippen molar-refractivity contribution < 1.29 is 0 Å². The van der Waals surface area contributed by atoms with E-state index in [1.807, 2.05) is 25.2 Å². The van der Waals surface area contributed by atoms with Crippen LogP contribution in [0.1, 0.15) is 29.4 Å². The van der Waals surface area contributed by atoms with Gasteiger partial charge in [0.2, 0.25) is 0 Å². The molecule has 1 rings (SSSR count). The first kappa shape index (κ1) is 9.59. The maximum absolute atomic E-state index is 3.76. The number of aromatic amines is 1. The molecule has 0 atom stereocenters. The average molecular weight is 173 g/mol. The van der Waals surface area contributed by atoms with Crippen molar-refractivity contribution in [2.75, 3.05) is 0 Å². The maximum atomic E-state index is 3.76. The Morgan fingerprint density at radius 1 is 1.15 bits per heavy atom. The summed E-state index contributed by atoms with van der Waals surface area (Å²) in [5.41, 5.74) is 4.56. The number of allylic oxidation sites excluding steroid dienone is 1. The van der Waals surface area contributed by atoms with E-state index in [4.69, 9.17) is 0 Å². The molecule has 0 radical (unpaired) electrons. The Hall–Kier alpha value is -1.50. The molecule has 0 fully saturated rings. The van der Waals surface area contributed by atoms with Crippen LogP contribution in [0.25, 0.3) is 18.2 Å². The fraction of sp³-hybridized carbons (Fsp3) is 0.167. The molecule has 1 aromatic heterocycles. The van der Waals surface area contributed by atoms with Gasteiger partial charge in [-0.05, 0) is 31.6 Å². The molecule has 1 heterocycles. The van der Waals surface area contributed by atoms with Crippen LogP contribution in [0.2, 0.25) is 0 Å². The molecule has 0 amide bonds. The number of aromatic nitrogens is 1.